The van der Waals surface area contributed by atoms with Crippen LogP contribution in [0, 0.1) is 23.7 Å². The summed E-state index contributed by atoms with van der Waals surface area (Å²) in [7, 11) is 4.76. The maximum absolute atomic E-state index is 13.8. The molecule has 68 heavy (non-hydrogen) atoms. The van der Waals surface area contributed by atoms with E-state index in [9.17, 15) is 43.2 Å². The summed E-state index contributed by atoms with van der Waals surface area (Å²) in [5, 5.41) is 13.7. The van der Waals surface area contributed by atoms with Crippen LogP contribution < -0.4 is 32.3 Å². The molecule has 1 aromatic rings. The number of urea groups is 1. The lowest BCUT2D eigenvalue weighted by molar-refractivity contribution is -0.143. The maximum atomic E-state index is 13.8. The summed E-state index contributed by atoms with van der Waals surface area (Å²) >= 11 is 0. The predicted molar refractivity (Wildman–Crippen MR) is 256 cm³/mol. The number of likely N-dealkylation sites (tertiary alicyclic amines) is 1. The Morgan fingerprint density at radius 3 is 1.84 bits per heavy atom. The van der Waals surface area contributed by atoms with Crippen molar-refractivity contribution < 1.29 is 52.6 Å². The van der Waals surface area contributed by atoms with Gasteiger partial charge in [0.25, 0.3) is 0 Å². The van der Waals surface area contributed by atoms with E-state index in [4.69, 9.17) is 15.2 Å². The number of imide groups is 1. The number of unbranched alkanes of at least 4 members (excludes halogenated alkanes) is 2. The second-order valence-corrected chi connectivity index (χ2v) is 18.9. The van der Waals surface area contributed by atoms with Gasteiger partial charge in [-0.05, 0) is 74.0 Å². The first-order chi connectivity index (χ1) is 31.9. The van der Waals surface area contributed by atoms with E-state index in [0.717, 1.165) is 0 Å². The average molecular weight is 958 g/mol. The Morgan fingerprint density at radius 1 is 0.706 bits per heavy atom. The summed E-state index contributed by atoms with van der Waals surface area (Å²) in [6, 6.07) is 1.63. The van der Waals surface area contributed by atoms with Gasteiger partial charge in [0, 0.05) is 59.2 Å². The number of benzene rings is 1. The molecule has 1 aliphatic rings. The van der Waals surface area contributed by atoms with E-state index in [2.05, 4.69) is 26.6 Å². The number of amides is 10. The number of hydrogen-bond acceptors (Lipinski definition) is 11. The van der Waals surface area contributed by atoms with Crippen LogP contribution in [0.25, 0.3) is 0 Å². The molecule has 0 bridgehead atoms. The largest absolute Gasteiger partial charge is 0.445 e. The summed E-state index contributed by atoms with van der Waals surface area (Å²) in [6.45, 7) is 17.0. The van der Waals surface area contributed by atoms with Crippen molar-refractivity contribution in [2.45, 2.75) is 157 Å². The van der Waals surface area contributed by atoms with Crippen molar-refractivity contribution in [3.05, 3.63) is 29.8 Å². The van der Waals surface area contributed by atoms with E-state index in [1.165, 1.54) is 16.8 Å². The number of carbonyl (C=O) groups is 9. The minimum atomic E-state index is -1.07. The second-order valence-electron chi connectivity index (χ2n) is 18.9. The number of carbonyl (C=O) groups excluding carboxylic acids is 9. The van der Waals surface area contributed by atoms with Gasteiger partial charge in [0.05, 0.1) is 12.1 Å². The molecule has 0 aromatic heterocycles. The number of primary amides is 1. The standard InChI is InChI=1S/C48H79N9O11/c1-28(2)39(53-36(58)18-14-13-15-26-57-37(59)23-24-38(57)60)44(62)52-35(17-16-25-50-47(49)65)43(61)51-34-21-19-33(20-22-34)27-68-48(66)56(11)42(31(7)8)45(63)54-40(29(3)4)46(64)55(10)41(30(5)6)32(9)67-12/h19-22,28-32,35,39-42H,13-18,23-27H2,1-12H3,(H,51,61)(H,52,62)(H,53,58)(H,54,63)(H3,49,50,65)/t32-,35+,39+,40+,41+,42+/m1/s1. The van der Waals surface area contributed by atoms with Crippen LogP contribution in [0.5, 0.6) is 0 Å². The average Bonchev–Trinajstić information content (AvgIpc) is 3.59. The summed E-state index contributed by atoms with van der Waals surface area (Å²) in [5.74, 6) is -3.47. The molecule has 20 nitrogen and oxygen atoms in total. The normalized spacial score (nSPS) is 15.3. The smallest absolute Gasteiger partial charge is 0.410 e. The molecular formula is C48H79N9O11. The molecule has 6 atom stereocenters. The Bertz CT molecular complexity index is 1860. The highest BCUT2D eigenvalue weighted by Gasteiger charge is 2.38. The summed E-state index contributed by atoms with van der Waals surface area (Å²) in [6.07, 6.45) is 1.62. The minimum Gasteiger partial charge on any atom is -0.445 e. The quantitative estimate of drug-likeness (QED) is 0.0521. The lowest BCUT2D eigenvalue weighted by atomic mass is 9.94. The molecule has 0 spiro atoms. The highest BCUT2D eigenvalue weighted by molar-refractivity contribution is 6.02. The molecule has 0 aliphatic carbocycles. The fourth-order valence-electron chi connectivity index (χ4n) is 8.20. The Kier molecular flexibility index (Phi) is 24.5. The Hall–Kier alpha value is -5.79. The van der Waals surface area contributed by atoms with Gasteiger partial charge in [-0.3, -0.25) is 43.4 Å². The van der Waals surface area contributed by atoms with Crippen LogP contribution in [0.2, 0.25) is 0 Å². The zero-order valence-electron chi connectivity index (χ0n) is 42.3. The number of likely N-dealkylation sites (N-methyl/N-ethyl adjacent to an activating group) is 2. The summed E-state index contributed by atoms with van der Waals surface area (Å²) in [5.41, 5.74) is 6.15. The SMILES string of the molecule is CO[C@H](C)[C@H](C(C)C)N(C)C(=O)[C@@H](NC(=O)[C@H](C(C)C)N(C)C(=O)OCc1ccc(NC(=O)[C@H](CCCNC(N)=O)NC(=O)[C@@H](NC(=O)CCCCCN2C(=O)CCC2=O)C(C)C)cc1)C(C)C. The van der Waals surface area contributed by atoms with E-state index in [1.807, 2.05) is 34.6 Å². The van der Waals surface area contributed by atoms with Crippen molar-refractivity contribution in [2.75, 3.05) is 39.6 Å². The van der Waals surface area contributed by atoms with Crippen molar-refractivity contribution in [2.24, 2.45) is 29.4 Å². The highest BCUT2D eigenvalue weighted by Crippen LogP contribution is 2.21. The number of anilines is 1. The van der Waals surface area contributed by atoms with Gasteiger partial charge in [-0.25, -0.2) is 9.59 Å². The first kappa shape index (κ1) is 58.3. The van der Waals surface area contributed by atoms with E-state index < -0.39 is 54.0 Å². The molecule has 10 amide bonds. The van der Waals surface area contributed by atoms with Crippen LogP contribution in [0.4, 0.5) is 15.3 Å². The van der Waals surface area contributed by atoms with Crippen molar-refractivity contribution >= 4 is 59.2 Å². The number of rotatable bonds is 28. The molecule has 0 unspecified atom stereocenters. The number of nitrogens with two attached hydrogens (primary N) is 1. The van der Waals surface area contributed by atoms with Crippen molar-refractivity contribution in [1.29, 1.82) is 0 Å². The van der Waals surface area contributed by atoms with Crippen LogP contribution in [0.1, 0.15) is 119 Å². The van der Waals surface area contributed by atoms with Gasteiger partial charge in [0.15, 0.2) is 0 Å². The molecule has 2 rings (SSSR count). The Morgan fingerprint density at radius 2 is 1.31 bits per heavy atom. The van der Waals surface area contributed by atoms with E-state index in [1.54, 1.807) is 71.0 Å². The van der Waals surface area contributed by atoms with Crippen molar-refractivity contribution in [3.8, 4) is 0 Å². The predicted octanol–water partition coefficient (Wildman–Crippen LogP) is 3.66. The molecule has 1 aromatic carbocycles. The Labute approximate surface area is 402 Å². The van der Waals surface area contributed by atoms with E-state index in [-0.39, 0.29) is 105 Å². The van der Waals surface area contributed by atoms with E-state index >= 15 is 0 Å². The number of nitrogens with one attached hydrogen (secondary N) is 5. The zero-order chi connectivity index (χ0) is 51.4. The third kappa shape index (κ3) is 18.4. The first-order valence-corrected chi connectivity index (χ1v) is 23.8. The molecule has 1 aliphatic heterocycles. The van der Waals surface area contributed by atoms with Crippen LogP contribution in [-0.2, 0) is 49.6 Å². The molecule has 20 heteroatoms. The van der Waals surface area contributed by atoms with Crippen molar-refractivity contribution in [3.63, 3.8) is 0 Å². The third-order valence-electron chi connectivity index (χ3n) is 12.1. The third-order valence-corrected chi connectivity index (χ3v) is 12.1. The first-order valence-electron chi connectivity index (χ1n) is 23.8. The molecule has 0 saturated carbocycles. The molecule has 0 radical (unpaired) electrons. The van der Waals surface area contributed by atoms with Crippen LogP contribution in [0.15, 0.2) is 24.3 Å². The molecule has 382 valence electrons. The number of methoxy groups -OCH3 is 1. The number of hydrogen-bond donors (Lipinski definition) is 6. The van der Waals surface area contributed by atoms with Crippen molar-refractivity contribution in [1.82, 2.24) is 36.0 Å². The number of nitrogens with zero attached hydrogens (tertiary/aromatic N) is 3. The van der Waals surface area contributed by atoms with Gasteiger partial charge in [0.2, 0.25) is 41.4 Å². The summed E-state index contributed by atoms with van der Waals surface area (Å²) in [4.78, 5) is 120. The monoisotopic (exact) mass is 958 g/mol. The van der Waals surface area contributed by atoms with Gasteiger partial charge in [-0.2, -0.15) is 0 Å². The van der Waals surface area contributed by atoms with Crippen LogP contribution >= 0.6 is 0 Å². The minimum absolute atomic E-state index is 0.0830. The molecule has 7 N–H and O–H groups in total. The second kappa shape index (κ2) is 28.5. The van der Waals surface area contributed by atoms with E-state index in [0.29, 0.717) is 37.1 Å². The lowest BCUT2D eigenvalue weighted by Gasteiger charge is -2.38. The fraction of sp³-hybridized carbons (Fsp3) is 0.688. The molecule has 1 saturated heterocycles. The summed E-state index contributed by atoms with van der Waals surface area (Å²) < 4.78 is 11.2. The molecule has 1 fully saturated rings. The topological polar surface area (TPSA) is 268 Å². The molecule has 1 heterocycles. The lowest BCUT2D eigenvalue weighted by Crippen LogP contribution is -2.59. The number of ether oxygens (including phenoxy) is 2. The van der Waals surface area contributed by atoms with Gasteiger partial charge >= 0.3 is 12.1 Å². The van der Waals surface area contributed by atoms with Crippen LogP contribution in [-0.4, -0.2) is 139 Å². The zero-order valence-corrected chi connectivity index (χ0v) is 42.3. The van der Waals surface area contributed by atoms with Gasteiger partial charge in [0.1, 0.15) is 30.8 Å². The maximum Gasteiger partial charge on any atom is 0.410 e. The van der Waals surface area contributed by atoms with Crippen LogP contribution in [0.3, 0.4) is 0 Å². The van der Waals surface area contributed by atoms with Gasteiger partial charge < -0.3 is 46.7 Å². The Balaban J connectivity index is 2.07. The molecular weight excluding hydrogens is 879 g/mol. The van der Waals surface area contributed by atoms with Gasteiger partial charge in [-0.1, -0.05) is 73.9 Å². The van der Waals surface area contributed by atoms with Gasteiger partial charge in [-0.15, -0.1) is 0 Å². The fourth-order valence-corrected chi connectivity index (χ4v) is 8.20. The highest BCUT2D eigenvalue weighted by atomic mass is 16.6.